The average molecular weight is 227 g/mol. The summed E-state index contributed by atoms with van der Waals surface area (Å²) >= 11 is 0. The summed E-state index contributed by atoms with van der Waals surface area (Å²) in [6.07, 6.45) is 0. The quantitative estimate of drug-likeness (QED) is 0.805. The first kappa shape index (κ1) is 12.9. The van der Waals surface area contributed by atoms with Crippen LogP contribution in [0.15, 0.2) is 18.2 Å². The van der Waals surface area contributed by atoms with Crippen LogP contribution in [-0.2, 0) is 11.3 Å². The zero-order chi connectivity index (χ0) is 12.0. The van der Waals surface area contributed by atoms with Gasteiger partial charge in [0.05, 0.1) is 13.7 Å². The zero-order valence-corrected chi connectivity index (χ0v) is 9.92. The Balaban J connectivity index is 2.51. The van der Waals surface area contributed by atoms with Crippen LogP contribution in [0.25, 0.3) is 0 Å². The van der Waals surface area contributed by atoms with Crippen LogP contribution in [0, 0.1) is 5.82 Å². The van der Waals surface area contributed by atoms with Crippen LogP contribution >= 0.6 is 0 Å². The Hall–Kier alpha value is -1.13. The largest absolute Gasteiger partial charge is 0.494 e. The van der Waals surface area contributed by atoms with E-state index >= 15 is 0 Å². The second kappa shape index (κ2) is 6.45. The fourth-order valence-electron chi connectivity index (χ4n) is 1.42. The van der Waals surface area contributed by atoms with Crippen molar-refractivity contribution in [3.05, 3.63) is 29.6 Å². The lowest BCUT2D eigenvalue weighted by atomic mass is 10.2. The van der Waals surface area contributed by atoms with Crippen molar-refractivity contribution in [2.24, 2.45) is 0 Å². The Morgan fingerprint density at radius 3 is 2.69 bits per heavy atom. The first-order chi connectivity index (χ1) is 7.67. The van der Waals surface area contributed by atoms with E-state index in [2.05, 4.69) is 5.32 Å². The van der Waals surface area contributed by atoms with Crippen LogP contribution in [0.4, 0.5) is 4.39 Å². The van der Waals surface area contributed by atoms with Gasteiger partial charge in [-0.3, -0.25) is 0 Å². The molecule has 0 fully saturated rings. The van der Waals surface area contributed by atoms with E-state index in [0.29, 0.717) is 13.2 Å². The lowest BCUT2D eigenvalue weighted by molar-refractivity contribution is 0.171. The van der Waals surface area contributed by atoms with Gasteiger partial charge in [-0.15, -0.1) is 0 Å². The maximum absolute atomic E-state index is 13.3. The van der Waals surface area contributed by atoms with Crippen LogP contribution in [0.2, 0.25) is 0 Å². The maximum atomic E-state index is 13.3. The third kappa shape index (κ3) is 3.79. The molecule has 1 atom stereocenters. The molecule has 1 N–H and O–H groups in total. The molecule has 0 heterocycles. The standard InChI is InChI=1S/C12H18FNO2/c1-9(8-15-2)14-7-10-4-5-12(16-3)11(13)6-10/h4-6,9,14H,7-8H2,1-3H3. The molecule has 1 aromatic carbocycles. The summed E-state index contributed by atoms with van der Waals surface area (Å²) in [7, 11) is 3.11. The van der Waals surface area contributed by atoms with Gasteiger partial charge in [-0.25, -0.2) is 4.39 Å². The lowest BCUT2D eigenvalue weighted by Crippen LogP contribution is -2.29. The molecule has 0 aliphatic heterocycles. The average Bonchev–Trinajstić information content (AvgIpc) is 2.27. The van der Waals surface area contributed by atoms with Gasteiger partial charge in [0.1, 0.15) is 0 Å². The zero-order valence-electron chi connectivity index (χ0n) is 9.92. The summed E-state index contributed by atoms with van der Waals surface area (Å²) < 4.78 is 23.2. The van der Waals surface area contributed by atoms with E-state index in [1.165, 1.54) is 13.2 Å². The molecule has 0 saturated heterocycles. The van der Waals surface area contributed by atoms with Gasteiger partial charge in [0.15, 0.2) is 11.6 Å². The lowest BCUT2D eigenvalue weighted by Gasteiger charge is -2.13. The molecule has 1 unspecified atom stereocenters. The van der Waals surface area contributed by atoms with Crippen molar-refractivity contribution in [1.29, 1.82) is 0 Å². The van der Waals surface area contributed by atoms with Gasteiger partial charge in [0.25, 0.3) is 0 Å². The number of methoxy groups -OCH3 is 2. The third-order valence-electron chi connectivity index (χ3n) is 2.29. The highest BCUT2D eigenvalue weighted by atomic mass is 19.1. The molecule has 1 aromatic rings. The van der Waals surface area contributed by atoms with E-state index in [4.69, 9.17) is 9.47 Å². The number of ether oxygens (including phenoxy) is 2. The SMILES string of the molecule is COCC(C)NCc1ccc(OC)c(F)c1. The second-order valence-electron chi connectivity index (χ2n) is 3.71. The van der Waals surface area contributed by atoms with E-state index < -0.39 is 0 Å². The molecule has 90 valence electrons. The minimum Gasteiger partial charge on any atom is -0.494 e. The van der Waals surface area contributed by atoms with Crippen LogP contribution in [0.3, 0.4) is 0 Å². The van der Waals surface area contributed by atoms with Crippen LogP contribution in [-0.4, -0.2) is 26.9 Å². The Morgan fingerprint density at radius 1 is 1.38 bits per heavy atom. The second-order valence-corrected chi connectivity index (χ2v) is 3.71. The van der Waals surface area contributed by atoms with Gasteiger partial charge in [-0.1, -0.05) is 6.07 Å². The third-order valence-corrected chi connectivity index (χ3v) is 2.29. The van der Waals surface area contributed by atoms with Gasteiger partial charge in [-0.2, -0.15) is 0 Å². The molecule has 0 spiro atoms. The Bertz CT molecular complexity index is 331. The molecule has 1 rings (SSSR count). The highest BCUT2D eigenvalue weighted by molar-refractivity contribution is 5.29. The normalized spacial score (nSPS) is 12.5. The van der Waals surface area contributed by atoms with Crippen LogP contribution < -0.4 is 10.1 Å². The van der Waals surface area contributed by atoms with Crippen molar-refractivity contribution in [2.45, 2.75) is 19.5 Å². The van der Waals surface area contributed by atoms with Crippen LogP contribution in [0.5, 0.6) is 5.75 Å². The predicted octanol–water partition coefficient (Wildman–Crippen LogP) is 1.96. The summed E-state index contributed by atoms with van der Waals surface area (Å²) in [5, 5.41) is 3.23. The minimum absolute atomic E-state index is 0.246. The molecular formula is C12H18FNO2. The maximum Gasteiger partial charge on any atom is 0.165 e. The smallest absolute Gasteiger partial charge is 0.165 e. The molecule has 0 bridgehead atoms. The van der Waals surface area contributed by atoms with E-state index in [0.717, 1.165) is 5.56 Å². The molecule has 3 nitrogen and oxygen atoms in total. The first-order valence-corrected chi connectivity index (χ1v) is 5.22. The van der Waals surface area contributed by atoms with Crippen molar-refractivity contribution in [1.82, 2.24) is 5.32 Å². The van der Waals surface area contributed by atoms with E-state index in [1.54, 1.807) is 13.2 Å². The molecule has 0 aliphatic carbocycles. The number of halogens is 1. The topological polar surface area (TPSA) is 30.5 Å². The molecule has 0 amide bonds. The van der Waals surface area contributed by atoms with Crippen molar-refractivity contribution < 1.29 is 13.9 Å². The fourth-order valence-corrected chi connectivity index (χ4v) is 1.42. The van der Waals surface area contributed by atoms with Crippen molar-refractivity contribution in [3.63, 3.8) is 0 Å². The Morgan fingerprint density at radius 2 is 2.12 bits per heavy atom. The highest BCUT2D eigenvalue weighted by Crippen LogP contribution is 2.17. The highest BCUT2D eigenvalue weighted by Gasteiger charge is 2.04. The van der Waals surface area contributed by atoms with Gasteiger partial charge < -0.3 is 14.8 Å². The van der Waals surface area contributed by atoms with E-state index in [9.17, 15) is 4.39 Å². The van der Waals surface area contributed by atoms with Crippen molar-refractivity contribution >= 4 is 0 Å². The molecule has 0 aliphatic rings. The number of benzene rings is 1. The molecule has 0 radical (unpaired) electrons. The summed E-state index contributed by atoms with van der Waals surface area (Å²) in [4.78, 5) is 0. The van der Waals surface area contributed by atoms with Gasteiger partial charge in [0, 0.05) is 19.7 Å². The van der Waals surface area contributed by atoms with Crippen molar-refractivity contribution in [2.75, 3.05) is 20.8 Å². The molecule has 16 heavy (non-hydrogen) atoms. The van der Waals surface area contributed by atoms with E-state index in [-0.39, 0.29) is 17.6 Å². The van der Waals surface area contributed by atoms with E-state index in [1.807, 2.05) is 13.0 Å². The number of nitrogens with one attached hydrogen (secondary N) is 1. The summed E-state index contributed by atoms with van der Waals surface area (Å²) in [5.41, 5.74) is 0.890. The summed E-state index contributed by atoms with van der Waals surface area (Å²) in [6, 6.07) is 5.20. The number of hydrogen-bond acceptors (Lipinski definition) is 3. The molecule has 4 heteroatoms. The summed E-state index contributed by atoms with van der Waals surface area (Å²) in [6.45, 7) is 3.27. The van der Waals surface area contributed by atoms with Gasteiger partial charge >= 0.3 is 0 Å². The van der Waals surface area contributed by atoms with Crippen molar-refractivity contribution in [3.8, 4) is 5.75 Å². The molecule has 0 saturated carbocycles. The molecule has 0 aromatic heterocycles. The predicted molar refractivity (Wildman–Crippen MR) is 61.1 cm³/mol. The first-order valence-electron chi connectivity index (χ1n) is 5.22. The summed E-state index contributed by atoms with van der Waals surface area (Å²) in [5.74, 6) is -0.0603. The van der Waals surface area contributed by atoms with Gasteiger partial charge in [0.2, 0.25) is 0 Å². The van der Waals surface area contributed by atoms with Crippen LogP contribution in [0.1, 0.15) is 12.5 Å². The monoisotopic (exact) mass is 227 g/mol. The van der Waals surface area contributed by atoms with Gasteiger partial charge in [-0.05, 0) is 24.6 Å². The number of hydrogen-bond donors (Lipinski definition) is 1. The molecular weight excluding hydrogens is 209 g/mol. The Kier molecular flexibility index (Phi) is 5.22. The Labute approximate surface area is 95.6 Å². The number of rotatable bonds is 6. The fraction of sp³-hybridized carbons (Fsp3) is 0.500. The minimum atomic E-state index is -0.332.